The summed E-state index contributed by atoms with van der Waals surface area (Å²) in [7, 11) is 0. The summed E-state index contributed by atoms with van der Waals surface area (Å²) in [6.07, 6.45) is 3.36. The average molecular weight is 330 g/mol. The minimum Gasteiger partial charge on any atom is -0.300 e. The van der Waals surface area contributed by atoms with E-state index in [2.05, 4.69) is 15.3 Å². The van der Waals surface area contributed by atoms with Crippen LogP contribution in [0.15, 0.2) is 52.5 Å². The number of carbonyl (C=O) groups excluding carboxylic acids is 1. The van der Waals surface area contributed by atoms with Crippen LogP contribution < -0.4 is 5.32 Å². The second-order valence-corrected chi connectivity index (χ2v) is 6.19. The number of aromatic nitrogens is 1. The molecule has 6 heteroatoms. The van der Waals surface area contributed by atoms with Gasteiger partial charge < -0.3 is 5.32 Å². The highest BCUT2D eigenvalue weighted by atomic mass is 35.5. The highest BCUT2D eigenvalue weighted by Gasteiger charge is 2.23. The fourth-order valence-electron chi connectivity index (χ4n) is 1.83. The molecule has 0 atom stereocenters. The number of nitrogens with one attached hydrogen (secondary N) is 1. The molecule has 4 nitrogen and oxygen atoms in total. The molecule has 0 spiro atoms. The lowest BCUT2D eigenvalue weighted by molar-refractivity contribution is -0.115. The van der Waals surface area contributed by atoms with Gasteiger partial charge in [-0.15, -0.1) is 0 Å². The molecule has 1 saturated heterocycles. The SMILES string of the molecule is Cc1ccc(/C=C2\SC(=Nc3ccc(Cl)cn3)NC2=O)cc1. The van der Waals surface area contributed by atoms with Crippen LogP contribution in [0.3, 0.4) is 0 Å². The predicted molar refractivity (Wildman–Crippen MR) is 91.2 cm³/mol. The summed E-state index contributed by atoms with van der Waals surface area (Å²) in [6, 6.07) is 11.4. The van der Waals surface area contributed by atoms with Crippen LogP contribution in [-0.4, -0.2) is 16.1 Å². The van der Waals surface area contributed by atoms with Crippen LogP contribution in [0.4, 0.5) is 5.82 Å². The summed E-state index contributed by atoms with van der Waals surface area (Å²) >= 11 is 7.08. The number of nitrogens with zero attached hydrogens (tertiary/aromatic N) is 2. The van der Waals surface area contributed by atoms with E-state index in [9.17, 15) is 4.79 Å². The number of pyridine rings is 1. The van der Waals surface area contributed by atoms with Crippen LogP contribution in [0.25, 0.3) is 6.08 Å². The molecule has 0 unspecified atom stereocenters. The molecule has 0 radical (unpaired) electrons. The molecule has 1 amide bonds. The van der Waals surface area contributed by atoms with Crippen LogP contribution in [0.2, 0.25) is 5.02 Å². The van der Waals surface area contributed by atoms with Crippen molar-refractivity contribution in [2.24, 2.45) is 4.99 Å². The molecule has 1 aromatic heterocycles. The van der Waals surface area contributed by atoms with E-state index in [0.29, 0.717) is 20.9 Å². The Hall–Kier alpha value is -2.11. The van der Waals surface area contributed by atoms with E-state index < -0.39 is 0 Å². The molecule has 2 heterocycles. The highest BCUT2D eigenvalue weighted by Crippen LogP contribution is 2.27. The minimum absolute atomic E-state index is 0.154. The van der Waals surface area contributed by atoms with E-state index >= 15 is 0 Å². The third kappa shape index (κ3) is 3.55. The van der Waals surface area contributed by atoms with Crippen molar-refractivity contribution in [2.75, 3.05) is 0 Å². The van der Waals surface area contributed by atoms with Gasteiger partial charge >= 0.3 is 0 Å². The van der Waals surface area contributed by atoms with Gasteiger partial charge in [-0.05, 0) is 42.5 Å². The monoisotopic (exact) mass is 329 g/mol. The molecular formula is C16H12ClN3OS. The summed E-state index contributed by atoms with van der Waals surface area (Å²) in [5, 5.41) is 3.79. The number of aryl methyl sites for hydroxylation is 1. The highest BCUT2D eigenvalue weighted by molar-refractivity contribution is 8.18. The number of hydrogen-bond acceptors (Lipinski definition) is 4. The number of hydrogen-bond donors (Lipinski definition) is 1. The fraction of sp³-hybridized carbons (Fsp3) is 0.0625. The summed E-state index contributed by atoms with van der Waals surface area (Å²) in [6.45, 7) is 2.03. The normalized spacial score (nSPS) is 18.0. The Kier molecular flexibility index (Phi) is 4.27. The van der Waals surface area contributed by atoms with Gasteiger partial charge in [-0.3, -0.25) is 4.79 Å². The van der Waals surface area contributed by atoms with Crippen molar-refractivity contribution in [3.8, 4) is 0 Å². The Bertz CT molecular complexity index is 767. The van der Waals surface area contributed by atoms with E-state index in [1.165, 1.54) is 23.5 Å². The Morgan fingerprint density at radius 1 is 1.23 bits per heavy atom. The number of amides is 1. The van der Waals surface area contributed by atoms with E-state index in [1.807, 2.05) is 37.3 Å². The van der Waals surface area contributed by atoms with Gasteiger partial charge in [-0.25, -0.2) is 9.98 Å². The van der Waals surface area contributed by atoms with E-state index in [0.717, 1.165) is 5.56 Å². The number of carbonyl (C=O) groups is 1. The molecule has 2 aromatic rings. The van der Waals surface area contributed by atoms with E-state index in [4.69, 9.17) is 11.6 Å². The Morgan fingerprint density at radius 2 is 2.00 bits per heavy atom. The zero-order valence-electron chi connectivity index (χ0n) is 11.7. The quantitative estimate of drug-likeness (QED) is 0.849. The third-order valence-electron chi connectivity index (χ3n) is 2.95. The molecule has 1 N–H and O–H groups in total. The van der Waals surface area contributed by atoms with Gasteiger partial charge in [0, 0.05) is 6.20 Å². The van der Waals surface area contributed by atoms with Gasteiger partial charge in [0.2, 0.25) is 0 Å². The molecule has 0 aliphatic carbocycles. The van der Waals surface area contributed by atoms with Gasteiger partial charge in [0.15, 0.2) is 11.0 Å². The molecule has 1 aromatic carbocycles. The molecule has 3 rings (SSSR count). The van der Waals surface area contributed by atoms with E-state index in [1.54, 1.807) is 12.1 Å². The number of rotatable bonds is 2. The smallest absolute Gasteiger partial charge is 0.264 e. The molecule has 1 fully saturated rings. The second kappa shape index (κ2) is 6.34. The maximum Gasteiger partial charge on any atom is 0.264 e. The summed E-state index contributed by atoms with van der Waals surface area (Å²) in [5.74, 6) is 0.349. The summed E-state index contributed by atoms with van der Waals surface area (Å²) < 4.78 is 0. The third-order valence-corrected chi connectivity index (χ3v) is 4.09. The molecule has 0 saturated carbocycles. The number of amidine groups is 1. The van der Waals surface area contributed by atoms with Crippen molar-refractivity contribution < 1.29 is 4.79 Å². The van der Waals surface area contributed by atoms with E-state index in [-0.39, 0.29) is 5.91 Å². The molecule has 0 bridgehead atoms. The minimum atomic E-state index is -0.154. The first-order chi connectivity index (χ1) is 10.6. The number of thioether (sulfide) groups is 1. The maximum atomic E-state index is 12.0. The Balaban J connectivity index is 1.80. The van der Waals surface area contributed by atoms with Gasteiger partial charge in [0.25, 0.3) is 5.91 Å². The molecule has 1 aliphatic rings. The number of halogens is 1. The van der Waals surface area contributed by atoms with Gasteiger partial charge in [-0.2, -0.15) is 0 Å². The van der Waals surface area contributed by atoms with Crippen LogP contribution >= 0.6 is 23.4 Å². The second-order valence-electron chi connectivity index (χ2n) is 4.73. The van der Waals surface area contributed by atoms with Gasteiger partial charge in [0.05, 0.1) is 9.93 Å². The zero-order chi connectivity index (χ0) is 15.5. The van der Waals surface area contributed by atoms with Crippen molar-refractivity contribution in [1.82, 2.24) is 10.3 Å². The average Bonchev–Trinajstić information content (AvgIpc) is 2.84. The predicted octanol–water partition coefficient (Wildman–Crippen LogP) is 3.94. The maximum absolute atomic E-state index is 12.0. The number of aliphatic imine (C=N–C) groups is 1. The van der Waals surface area contributed by atoms with Gasteiger partial charge in [0.1, 0.15) is 0 Å². The Labute approximate surface area is 137 Å². The van der Waals surface area contributed by atoms with Crippen LogP contribution in [-0.2, 0) is 4.79 Å². The van der Waals surface area contributed by atoms with Crippen molar-refractivity contribution in [3.05, 3.63) is 63.6 Å². The lowest BCUT2D eigenvalue weighted by Crippen LogP contribution is -2.19. The first-order valence-corrected chi connectivity index (χ1v) is 7.77. The largest absolute Gasteiger partial charge is 0.300 e. The number of benzene rings is 1. The lowest BCUT2D eigenvalue weighted by Gasteiger charge is -1.96. The fourth-order valence-corrected chi connectivity index (χ4v) is 2.77. The first-order valence-electron chi connectivity index (χ1n) is 6.58. The summed E-state index contributed by atoms with van der Waals surface area (Å²) in [4.78, 5) is 21.0. The van der Waals surface area contributed by atoms with Crippen LogP contribution in [0, 0.1) is 6.92 Å². The molecule has 22 heavy (non-hydrogen) atoms. The first kappa shape index (κ1) is 14.8. The standard InChI is InChI=1S/C16H12ClN3OS/c1-10-2-4-11(5-3-10)8-13-15(21)20-16(22-13)19-14-7-6-12(17)9-18-14/h2-9H,1H3,(H,18,19,20,21)/b13-8-. The topological polar surface area (TPSA) is 54.4 Å². The lowest BCUT2D eigenvalue weighted by atomic mass is 10.1. The van der Waals surface area contributed by atoms with Crippen molar-refractivity contribution in [2.45, 2.75) is 6.92 Å². The van der Waals surface area contributed by atoms with Crippen molar-refractivity contribution >= 4 is 46.3 Å². The molecule has 1 aliphatic heterocycles. The van der Waals surface area contributed by atoms with Crippen LogP contribution in [0.5, 0.6) is 0 Å². The molecule has 110 valence electrons. The molecular weight excluding hydrogens is 318 g/mol. The van der Waals surface area contributed by atoms with Crippen molar-refractivity contribution in [1.29, 1.82) is 0 Å². The Morgan fingerprint density at radius 3 is 2.68 bits per heavy atom. The summed E-state index contributed by atoms with van der Waals surface area (Å²) in [5.41, 5.74) is 2.16. The zero-order valence-corrected chi connectivity index (χ0v) is 13.3. The van der Waals surface area contributed by atoms with Crippen LogP contribution in [0.1, 0.15) is 11.1 Å². The van der Waals surface area contributed by atoms with Crippen molar-refractivity contribution in [3.63, 3.8) is 0 Å². The van der Waals surface area contributed by atoms with Gasteiger partial charge in [-0.1, -0.05) is 41.4 Å².